The fourth-order valence-electron chi connectivity index (χ4n) is 5.33. The maximum Gasteiger partial charge on any atom is 0.245 e. The number of nitrogens with one attached hydrogen (secondary N) is 1. The van der Waals surface area contributed by atoms with Crippen LogP contribution < -0.4 is 19.7 Å². The first-order chi connectivity index (χ1) is 14.8. The Morgan fingerprint density at radius 2 is 2.06 bits per heavy atom. The highest BCUT2D eigenvalue weighted by atomic mass is 35.5. The lowest BCUT2D eigenvalue weighted by molar-refractivity contribution is -0.122. The number of carbonyl (C=O) groups excluding carboxylic acids is 1. The third-order valence-corrected chi connectivity index (χ3v) is 6.85. The van der Waals surface area contributed by atoms with E-state index in [0.717, 1.165) is 67.3 Å². The largest absolute Gasteiger partial charge is 0.491 e. The van der Waals surface area contributed by atoms with Gasteiger partial charge in [0, 0.05) is 30.5 Å². The van der Waals surface area contributed by atoms with Crippen molar-refractivity contribution in [3.8, 4) is 11.5 Å². The van der Waals surface area contributed by atoms with Gasteiger partial charge in [0.25, 0.3) is 0 Å². The van der Waals surface area contributed by atoms with E-state index in [4.69, 9.17) is 14.2 Å². The zero-order chi connectivity index (χ0) is 20.1. The Labute approximate surface area is 188 Å². The number of carbonyl (C=O) groups is 1. The zero-order valence-corrected chi connectivity index (χ0v) is 18.2. The van der Waals surface area contributed by atoms with Crippen molar-refractivity contribution in [1.29, 1.82) is 0 Å². The van der Waals surface area contributed by atoms with Crippen LogP contribution in [0.15, 0.2) is 42.5 Å². The monoisotopic (exact) mass is 442 g/mol. The quantitative estimate of drug-likeness (QED) is 0.788. The molecular formula is C24H27ClN2O4. The molecule has 0 aromatic heterocycles. The summed E-state index contributed by atoms with van der Waals surface area (Å²) in [5.74, 6) is 1.64. The fourth-order valence-corrected chi connectivity index (χ4v) is 5.33. The summed E-state index contributed by atoms with van der Waals surface area (Å²) >= 11 is 0. The molecule has 1 N–H and O–H groups in total. The van der Waals surface area contributed by atoms with Gasteiger partial charge in [-0.2, -0.15) is 0 Å². The molecule has 1 spiro atoms. The van der Waals surface area contributed by atoms with Crippen molar-refractivity contribution in [3.05, 3.63) is 53.6 Å². The smallest absolute Gasteiger partial charge is 0.245 e. The van der Waals surface area contributed by atoms with Gasteiger partial charge in [0.2, 0.25) is 5.91 Å². The number of hydrogen-bond acceptors (Lipinski definition) is 5. The summed E-state index contributed by atoms with van der Waals surface area (Å²) in [5, 5.41) is 3.32. The summed E-state index contributed by atoms with van der Waals surface area (Å²) in [6.07, 6.45) is 3.36. The Balaban J connectivity index is 0.00000204. The van der Waals surface area contributed by atoms with E-state index in [-0.39, 0.29) is 30.5 Å². The van der Waals surface area contributed by atoms with Gasteiger partial charge in [-0.15, -0.1) is 12.4 Å². The molecule has 164 valence electrons. The van der Waals surface area contributed by atoms with Gasteiger partial charge in [-0.25, -0.2) is 0 Å². The molecule has 0 bridgehead atoms. The minimum Gasteiger partial charge on any atom is -0.491 e. The number of rotatable bonds is 4. The fraction of sp³-hybridized carbons (Fsp3) is 0.458. The summed E-state index contributed by atoms with van der Waals surface area (Å²) in [7, 11) is 0. The van der Waals surface area contributed by atoms with Gasteiger partial charge in [0.15, 0.2) is 0 Å². The molecule has 4 aliphatic heterocycles. The van der Waals surface area contributed by atoms with E-state index in [9.17, 15) is 4.79 Å². The molecule has 7 heteroatoms. The molecule has 2 aromatic rings. The summed E-state index contributed by atoms with van der Waals surface area (Å²) in [5.41, 5.74) is 2.16. The standard InChI is InChI=1S/C24H26N2O4.ClH/c27-23-24(19-5-1-2-6-21(19)26(23)14-18-4-3-11-28-18)15-29-22-12-16(7-8-20(22)24)30-17-9-10-25-13-17;/h1-2,5-8,12,17-18,25H,3-4,9-11,13-15H2;1H/t17-,18+,24?;/m0./s1. The highest BCUT2D eigenvalue weighted by Gasteiger charge is 2.57. The molecule has 2 saturated heterocycles. The SMILES string of the molecule is Cl.O=C1N(C[C@H]2CCCO2)c2ccccc2C12COc1cc(O[C@H]3CCNC3)ccc12. The number of halogens is 1. The third-order valence-electron chi connectivity index (χ3n) is 6.85. The summed E-state index contributed by atoms with van der Waals surface area (Å²) in [4.78, 5) is 15.8. The third kappa shape index (κ3) is 3.20. The lowest BCUT2D eigenvalue weighted by Gasteiger charge is -2.25. The van der Waals surface area contributed by atoms with Gasteiger partial charge in [-0.1, -0.05) is 24.3 Å². The molecule has 0 saturated carbocycles. The number of ether oxygens (including phenoxy) is 3. The van der Waals surface area contributed by atoms with E-state index in [1.165, 1.54) is 0 Å². The van der Waals surface area contributed by atoms with E-state index in [0.29, 0.717) is 13.2 Å². The van der Waals surface area contributed by atoms with E-state index in [1.54, 1.807) is 0 Å². The van der Waals surface area contributed by atoms with Crippen LogP contribution >= 0.6 is 12.4 Å². The van der Waals surface area contributed by atoms with Crippen LogP contribution in [0.25, 0.3) is 0 Å². The molecule has 1 amide bonds. The maximum absolute atomic E-state index is 13.9. The molecule has 4 aliphatic rings. The van der Waals surface area contributed by atoms with Crippen molar-refractivity contribution in [2.24, 2.45) is 0 Å². The summed E-state index contributed by atoms with van der Waals surface area (Å²) in [6.45, 7) is 3.56. The van der Waals surface area contributed by atoms with Crippen LogP contribution in [0, 0.1) is 0 Å². The van der Waals surface area contributed by atoms with Crippen LogP contribution in [0.2, 0.25) is 0 Å². The first kappa shape index (κ1) is 20.6. The van der Waals surface area contributed by atoms with E-state index < -0.39 is 5.41 Å². The molecule has 6 nitrogen and oxygen atoms in total. The van der Waals surface area contributed by atoms with Gasteiger partial charge >= 0.3 is 0 Å². The van der Waals surface area contributed by atoms with Crippen LogP contribution in [-0.2, 0) is 14.9 Å². The number of amides is 1. The Kier molecular flexibility index (Phi) is 5.32. The van der Waals surface area contributed by atoms with Crippen molar-refractivity contribution in [1.82, 2.24) is 5.32 Å². The topological polar surface area (TPSA) is 60.0 Å². The number of hydrogen-bond donors (Lipinski definition) is 1. The second-order valence-electron chi connectivity index (χ2n) is 8.65. The lowest BCUT2D eigenvalue weighted by atomic mass is 9.77. The molecule has 2 fully saturated rings. The van der Waals surface area contributed by atoms with Crippen LogP contribution in [-0.4, -0.2) is 51.0 Å². The van der Waals surface area contributed by atoms with Crippen molar-refractivity contribution >= 4 is 24.0 Å². The maximum atomic E-state index is 13.9. The zero-order valence-electron chi connectivity index (χ0n) is 17.3. The van der Waals surface area contributed by atoms with Crippen molar-refractivity contribution in [2.75, 3.05) is 37.7 Å². The van der Waals surface area contributed by atoms with E-state index >= 15 is 0 Å². The molecular weight excluding hydrogens is 416 g/mol. The predicted molar refractivity (Wildman–Crippen MR) is 120 cm³/mol. The first-order valence-electron chi connectivity index (χ1n) is 10.9. The van der Waals surface area contributed by atoms with Gasteiger partial charge in [0.1, 0.15) is 29.6 Å². The average molecular weight is 443 g/mol. The van der Waals surface area contributed by atoms with Gasteiger partial charge in [-0.05, 0) is 43.5 Å². The van der Waals surface area contributed by atoms with Crippen LogP contribution in [0.5, 0.6) is 11.5 Å². The van der Waals surface area contributed by atoms with Crippen LogP contribution in [0.1, 0.15) is 30.4 Å². The van der Waals surface area contributed by atoms with Gasteiger partial charge in [0.05, 0.1) is 12.6 Å². The minimum atomic E-state index is -0.780. The minimum absolute atomic E-state index is 0. The van der Waals surface area contributed by atoms with Crippen molar-refractivity contribution < 1.29 is 19.0 Å². The van der Waals surface area contributed by atoms with E-state index in [1.807, 2.05) is 41.3 Å². The van der Waals surface area contributed by atoms with Gasteiger partial charge < -0.3 is 24.4 Å². The molecule has 0 aliphatic carbocycles. The number of fused-ring (bicyclic) bond motifs is 4. The van der Waals surface area contributed by atoms with Crippen LogP contribution in [0.4, 0.5) is 5.69 Å². The molecule has 31 heavy (non-hydrogen) atoms. The number of benzene rings is 2. The Morgan fingerprint density at radius 3 is 2.87 bits per heavy atom. The Morgan fingerprint density at radius 1 is 1.16 bits per heavy atom. The van der Waals surface area contributed by atoms with Gasteiger partial charge in [-0.3, -0.25) is 4.79 Å². The molecule has 3 atom stereocenters. The number of para-hydroxylation sites is 1. The van der Waals surface area contributed by atoms with Crippen molar-refractivity contribution in [2.45, 2.75) is 36.9 Å². The highest BCUT2D eigenvalue weighted by molar-refractivity contribution is 6.11. The highest BCUT2D eigenvalue weighted by Crippen LogP contribution is 2.53. The molecule has 4 heterocycles. The molecule has 6 rings (SSSR count). The molecule has 0 radical (unpaired) electrons. The van der Waals surface area contributed by atoms with Crippen LogP contribution in [0.3, 0.4) is 0 Å². The Hall–Kier alpha value is -2.28. The summed E-state index contributed by atoms with van der Waals surface area (Å²) in [6, 6.07) is 14.1. The lowest BCUT2D eigenvalue weighted by Crippen LogP contribution is -2.44. The first-order valence-corrected chi connectivity index (χ1v) is 10.9. The second kappa shape index (κ2) is 8.01. The predicted octanol–water partition coefficient (Wildman–Crippen LogP) is 3.05. The average Bonchev–Trinajstić information content (AvgIpc) is 3.55. The molecule has 1 unspecified atom stereocenters. The van der Waals surface area contributed by atoms with E-state index in [2.05, 4.69) is 11.4 Å². The van der Waals surface area contributed by atoms with Crippen molar-refractivity contribution in [3.63, 3.8) is 0 Å². The molecule has 2 aromatic carbocycles. The summed E-state index contributed by atoms with van der Waals surface area (Å²) < 4.78 is 18.0. The normalized spacial score (nSPS) is 28.4. The number of anilines is 1. The second-order valence-corrected chi connectivity index (χ2v) is 8.65. The number of nitrogens with zero attached hydrogens (tertiary/aromatic N) is 1. The Bertz CT molecular complexity index is 987.